The maximum atomic E-state index is 14.0. The second kappa shape index (κ2) is 8.49. The summed E-state index contributed by atoms with van der Waals surface area (Å²) in [7, 11) is 0. The van der Waals surface area contributed by atoms with Crippen molar-refractivity contribution >= 4 is 29.2 Å². The van der Waals surface area contributed by atoms with Gasteiger partial charge < -0.3 is 15.1 Å². The average molecular weight is 421 g/mol. The molecule has 162 valence electrons. The maximum Gasteiger partial charge on any atom is 0.254 e. The van der Waals surface area contributed by atoms with Crippen LogP contribution in [0, 0.1) is 6.92 Å². The molecule has 1 aromatic carbocycles. The summed E-state index contributed by atoms with van der Waals surface area (Å²) in [5.74, 6) is -0.391. The van der Waals surface area contributed by atoms with Crippen molar-refractivity contribution in [3.8, 4) is 0 Å². The molecule has 7 nitrogen and oxygen atoms in total. The van der Waals surface area contributed by atoms with Gasteiger partial charge in [0.25, 0.3) is 11.8 Å². The Morgan fingerprint density at radius 2 is 1.97 bits per heavy atom. The summed E-state index contributed by atoms with van der Waals surface area (Å²) >= 11 is 0. The van der Waals surface area contributed by atoms with Crippen molar-refractivity contribution in [2.45, 2.75) is 57.5 Å². The third-order valence-corrected chi connectivity index (χ3v) is 6.24. The van der Waals surface area contributed by atoms with E-state index in [4.69, 9.17) is 0 Å². The van der Waals surface area contributed by atoms with Crippen molar-refractivity contribution in [2.75, 3.05) is 11.4 Å². The van der Waals surface area contributed by atoms with Crippen molar-refractivity contribution in [3.63, 3.8) is 0 Å². The highest BCUT2D eigenvalue weighted by Crippen LogP contribution is 2.32. The van der Waals surface area contributed by atoms with Gasteiger partial charge in [0.05, 0.1) is 6.42 Å². The highest BCUT2D eigenvalue weighted by Gasteiger charge is 2.48. The fourth-order valence-corrected chi connectivity index (χ4v) is 4.58. The molecular formula is C24H28N4O3. The normalized spacial score (nSPS) is 22.8. The number of para-hydroxylation sites is 1. The van der Waals surface area contributed by atoms with E-state index in [0.29, 0.717) is 11.5 Å². The summed E-state index contributed by atoms with van der Waals surface area (Å²) < 4.78 is 0. The summed E-state index contributed by atoms with van der Waals surface area (Å²) in [4.78, 5) is 46.6. The van der Waals surface area contributed by atoms with Crippen LogP contribution in [0.4, 0.5) is 5.69 Å². The molecule has 31 heavy (non-hydrogen) atoms. The molecule has 3 aliphatic rings. The van der Waals surface area contributed by atoms with E-state index < -0.39 is 5.54 Å². The summed E-state index contributed by atoms with van der Waals surface area (Å²) in [5, 5.41) is 3.07. The predicted molar refractivity (Wildman–Crippen MR) is 120 cm³/mol. The first-order valence-corrected chi connectivity index (χ1v) is 10.8. The Labute approximate surface area is 182 Å². The molecule has 7 heteroatoms. The zero-order chi connectivity index (χ0) is 22.0. The van der Waals surface area contributed by atoms with Gasteiger partial charge in [-0.1, -0.05) is 37.1 Å². The molecule has 2 heterocycles. The lowest BCUT2D eigenvalue weighted by Crippen LogP contribution is -2.62. The molecule has 2 aliphatic heterocycles. The lowest BCUT2D eigenvalue weighted by molar-refractivity contribution is -0.133. The molecule has 0 bridgehead atoms. The molecule has 1 fully saturated rings. The monoisotopic (exact) mass is 420 g/mol. The fourth-order valence-electron chi connectivity index (χ4n) is 4.58. The Bertz CT molecular complexity index is 990. The fraction of sp³-hybridized carbons (Fsp3) is 0.417. The van der Waals surface area contributed by atoms with Crippen LogP contribution in [0.2, 0.25) is 0 Å². The van der Waals surface area contributed by atoms with E-state index in [-0.39, 0.29) is 36.7 Å². The number of carbonyl (C=O) groups is 3. The van der Waals surface area contributed by atoms with Crippen molar-refractivity contribution in [2.24, 2.45) is 4.99 Å². The number of hydrogen-bond donors (Lipinski definition) is 1. The van der Waals surface area contributed by atoms with Crippen molar-refractivity contribution in [1.29, 1.82) is 0 Å². The van der Waals surface area contributed by atoms with E-state index in [9.17, 15) is 14.4 Å². The lowest BCUT2D eigenvalue weighted by Gasteiger charge is -2.44. The minimum Gasteiger partial charge on any atom is -0.352 e. The molecule has 0 radical (unpaired) electrons. The van der Waals surface area contributed by atoms with Gasteiger partial charge >= 0.3 is 0 Å². The van der Waals surface area contributed by atoms with E-state index in [1.807, 2.05) is 37.3 Å². The van der Waals surface area contributed by atoms with Gasteiger partial charge in [0, 0.05) is 17.9 Å². The third-order valence-electron chi connectivity index (χ3n) is 6.24. The number of rotatable bonds is 5. The van der Waals surface area contributed by atoms with E-state index >= 15 is 0 Å². The number of amides is 3. The number of anilines is 1. The van der Waals surface area contributed by atoms with E-state index in [1.165, 1.54) is 4.90 Å². The number of aryl methyl sites for hydroxylation is 1. The molecule has 0 aromatic heterocycles. The van der Waals surface area contributed by atoms with Crippen molar-refractivity contribution in [1.82, 2.24) is 10.2 Å². The minimum absolute atomic E-state index is 0.0554. The molecule has 0 unspecified atom stereocenters. The van der Waals surface area contributed by atoms with Crippen LogP contribution in [0.3, 0.4) is 0 Å². The topological polar surface area (TPSA) is 82.1 Å². The summed E-state index contributed by atoms with van der Waals surface area (Å²) in [6.07, 6.45) is 11.2. The smallest absolute Gasteiger partial charge is 0.254 e. The number of aliphatic imine (C=N–C) groups is 1. The van der Waals surface area contributed by atoms with Gasteiger partial charge in [-0.15, -0.1) is 0 Å². The van der Waals surface area contributed by atoms with Crippen LogP contribution in [0.1, 0.15) is 44.6 Å². The zero-order valence-corrected chi connectivity index (χ0v) is 18.0. The van der Waals surface area contributed by atoms with E-state index in [1.54, 1.807) is 30.2 Å². The third kappa shape index (κ3) is 4.17. The van der Waals surface area contributed by atoms with Gasteiger partial charge in [-0.2, -0.15) is 4.99 Å². The molecule has 0 spiro atoms. The first-order valence-electron chi connectivity index (χ1n) is 10.8. The number of nitrogens with zero attached hydrogens (tertiary/aromatic N) is 3. The summed E-state index contributed by atoms with van der Waals surface area (Å²) in [5.41, 5.74) is 0.382. The predicted octanol–water partition coefficient (Wildman–Crippen LogP) is 2.86. The number of carbonyl (C=O) groups excluding carboxylic acids is 3. The number of benzene rings is 1. The second-order valence-electron chi connectivity index (χ2n) is 8.61. The molecule has 0 saturated heterocycles. The standard InChI is InChI=1S/C24H28N4O3/c1-17-9-3-6-12-19(17)27(16-22(30)25-18-10-4-5-11-18)23(31)24(2)15-21(29)26-20-13-7-8-14-28(20)24/h3,6-9,12-14,18H,4-5,10-11,15-16H2,1-2H3,(H,25,30)/t24-/m0/s1. The van der Waals surface area contributed by atoms with E-state index in [0.717, 1.165) is 31.2 Å². The molecule has 1 atom stereocenters. The second-order valence-corrected chi connectivity index (χ2v) is 8.61. The summed E-state index contributed by atoms with van der Waals surface area (Å²) in [6.45, 7) is 3.56. The van der Waals surface area contributed by atoms with Crippen LogP contribution >= 0.6 is 0 Å². The van der Waals surface area contributed by atoms with Gasteiger partial charge in [-0.25, -0.2) is 0 Å². The van der Waals surface area contributed by atoms with Crippen LogP contribution in [-0.4, -0.2) is 46.6 Å². The lowest BCUT2D eigenvalue weighted by atomic mass is 9.90. The van der Waals surface area contributed by atoms with Crippen LogP contribution < -0.4 is 10.2 Å². The van der Waals surface area contributed by atoms with Crippen molar-refractivity contribution < 1.29 is 14.4 Å². The molecule has 1 aromatic rings. The number of allylic oxidation sites excluding steroid dienone is 2. The highest BCUT2D eigenvalue weighted by atomic mass is 16.2. The van der Waals surface area contributed by atoms with Crippen LogP contribution in [0.25, 0.3) is 0 Å². The Morgan fingerprint density at radius 3 is 2.71 bits per heavy atom. The maximum absolute atomic E-state index is 14.0. The first-order chi connectivity index (χ1) is 14.9. The van der Waals surface area contributed by atoms with Gasteiger partial charge in [0.15, 0.2) is 0 Å². The Balaban J connectivity index is 1.66. The molecule has 3 amide bonds. The molecule has 4 rings (SSSR count). The largest absolute Gasteiger partial charge is 0.352 e. The van der Waals surface area contributed by atoms with E-state index in [2.05, 4.69) is 10.3 Å². The quantitative estimate of drug-likeness (QED) is 0.794. The van der Waals surface area contributed by atoms with Crippen LogP contribution in [0.15, 0.2) is 53.7 Å². The number of fused-ring (bicyclic) bond motifs is 1. The molecular weight excluding hydrogens is 392 g/mol. The zero-order valence-electron chi connectivity index (χ0n) is 18.0. The molecule has 1 aliphatic carbocycles. The Hall–Kier alpha value is -3.22. The van der Waals surface area contributed by atoms with Gasteiger partial charge in [-0.3, -0.25) is 14.4 Å². The first kappa shape index (κ1) is 21.0. The summed E-state index contributed by atoms with van der Waals surface area (Å²) in [6, 6.07) is 7.67. The van der Waals surface area contributed by atoms with Gasteiger partial charge in [0.1, 0.15) is 17.9 Å². The number of hydrogen-bond acceptors (Lipinski definition) is 4. The molecule has 1 saturated carbocycles. The SMILES string of the molecule is Cc1ccccc1N(CC(=O)NC1CCCC1)C(=O)[C@]1(C)CC(=O)N=C2C=CC=CN21. The number of nitrogens with one attached hydrogen (secondary N) is 1. The van der Waals surface area contributed by atoms with Crippen LogP contribution in [-0.2, 0) is 14.4 Å². The Morgan fingerprint density at radius 1 is 1.23 bits per heavy atom. The Kier molecular flexibility index (Phi) is 5.76. The van der Waals surface area contributed by atoms with Crippen molar-refractivity contribution in [3.05, 3.63) is 54.3 Å². The minimum atomic E-state index is -1.18. The highest BCUT2D eigenvalue weighted by molar-refractivity contribution is 6.13. The van der Waals surface area contributed by atoms with Gasteiger partial charge in [0.2, 0.25) is 5.91 Å². The average Bonchev–Trinajstić information content (AvgIpc) is 3.25. The van der Waals surface area contributed by atoms with Gasteiger partial charge in [-0.05, 0) is 50.5 Å². The molecule has 1 N–H and O–H groups in total. The van der Waals surface area contributed by atoms with Crippen LogP contribution in [0.5, 0.6) is 0 Å². The number of amidine groups is 1.